The molecule has 3 saturated heterocycles. The van der Waals surface area contributed by atoms with E-state index in [1.54, 1.807) is 0 Å². The number of aliphatic hydroxyl groups is 2. The zero-order valence-corrected chi connectivity index (χ0v) is 24.5. The molecule has 22 nitrogen and oxygen atoms in total. The number of imidazole rings is 2. The van der Waals surface area contributed by atoms with Crippen molar-refractivity contribution in [2.45, 2.75) is 43.0 Å². The molecule has 4 aromatic rings. The van der Waals surface area contributed by atoms with Gasteiger partial charge in [-0.05, 0) is 0 Å². The van der Waals surface area contributed by atoms with Crippen LogP contribution < -0.4 is 17.0 Å². The van der Waals surface area contributed by atoms with Crippen molar-refractivity contribution in [3.05, 3.63) is 29.3 Å². The van der Waals surface area contributed by atoms with Crippen LogP contribution in [0.3, 0.4) is 0 Å². The molecule has 242 valence electrons. The number of hydrogen-bond acceptors (Lipinski definition) is 17. The van der Waals surface area contributed by atoms with Crippen LogP contribution in [0.15, 0.2) is 23.8 Å². The molecule has 4 unspecified atom stereocenters. The van der Waals surface area contributed by atoms with E-state index in [0.717, 1.165) is 6.33 Å². The van der Waals surface area contributed by atoms with Crippen molar-refractivity contribution in [1.82, 2.24) is 39.0 Å². The normalized spacial score (nSPS) is 37.7. The third-order valence-electron chi connectivity index (χ3n) is 7.73. The lowest BCUT2D eigenvalue weighted by Gasteiger charge is -2.25. The number of aromatic amines is 1. The number of H-pyrrole nitrogens is 1. The summed E-state index contributed by atoms with van der Waals surface area (Å²) in [6.45, 7) is -1.45. The monoisotopic (exact) mass is 672 g/mol. The average Bonchev–Trinajstić information content (AvgIpc) is 3.72. The molecule has 3 aliphatic rings. The summed E-state index contributed by atoms with van der Waals surface area (Å²) in [5.74, 6) is -1.41. The first-order valence-corrected chi connectivity index (χ1v) is 16.5. The highest BCUT2D eigenvalue weighted by Crippen LogP contribution is 2.54. The fourth-order valence-corrected chi connectivity index (χ4v) is 8.05. The van der Waals surface area contributed by atoms with Gasteiger partial charge in [0.25, 0.3) is 5.56 Å². The molecule has 0 aliphatic carbocycles. The zero-order valence-electron chi connectivity index (χ0n) is 22.7. The van der Waals surface area contributed by atoms with Gasteiger partial charge in [-0.1, -0.05) is 0 Å². The van der Waals surface area contributed by atoms with Gasteiger partial charge in [-0.2, -0.15) is 4.98 Å². The lowest BCUT2D eigenvalue weighted by atomic mass is 10.0. The number of fused-ring (bicyclic) bond motifs is 5. The number of ether oxygens (including phenoxy) is 2. The quantitative estimate of drug-likeness (QED) is 0.113. The molecule has 24 heteroatoms. The standard InChI is InChI=1S/C21H26N10O12P2/c22-15-10-16(25-4-24-15)30(5-26-10)20-13(33)14-9(42-20)2-39-44(35,36)3-7-12(32)8(1-40-45(37,38)43-14)41-19(7)31-6-27-11-17(31)28-21(23)29-18(11)34/h4-9,12-14,19-20,32-33H,1-3H2,(H,35,36)(H,37,38)(H2,22,24,25)(H3,23,28,29,34)/t7-,8+,9+,12?,13-,14?,19+,20+/m0/s1. The predicted molar refractivity (Wildman–Crippen MR) is 147 cm³/mol. The summed E-state index contributed by atoms with van der Waals surface area (Å²) in [4.78, 5) is 56.3. The van der Waals surface area contributed by atoms with E-state index in [-0.39, 0.29) is 34.1 Å². The van der Waals surface area contributed by atoms with Crippen LogP contribution in [0.5, 0.6) is 0 Å². The van der Waals surface area contributed by atoms with Gasteiger partial charge in [0.1, 0.15) is 42.5 Å². The first-order valence-electron chi connectivity index (χ1n) is 13.3. The molecule has 45 heavy (non-hydrogen) atoms. The summed E-state index contributed by atoms with van der Waals surface area (Å²) in [5, 5.41) is 22.3. The molecule has 0 aromatic carbocycles. The number of anilines is 2. The molecule has 7 rings (SSSR count). The third kappa shape index (κ3) is 5.32. The van der Waals surface area contributed by atoms with E-state index in [1.807, 2.05) is 0 Å². The summed E-state index contributed by atoms with van der Waals surface area (Å²) >= 11 is 0. The highest BCUT2D eigenvalue weighted by Gasteiger charge is 2.53. The minimum atomic E-state index is -5.02. The molecule has 0 saturated carbocycles. The van der Waals surface area contributed by atoms with Crippen molar-refractivity contribution in [2.75, 3.05) is 30.8 Å². The van der Waals surface area contributed by atoms with Crippen LogP contribution in [-0.4, -0.2) is 109 Å². The maximum Gasteiger partial charge on any atom is 0.472 e. The Bertz CT molecular complexity index is 1940. The van der Waals surface area contributed by atoms with Gasteiger partial charge in [-0.25, -0.2) is 24.5 Å². The fourth-order valence-electron chi connectivity index (χ4n) is 5.67. The Hall–Kier alpha value is -3.40. The second-order valence-corrected chi connectivity index (χ2v) is 13.9. The highest BCUT2D eigenvalue weighted by atomic mass is 31.2. The minimum absolute atomic E-state index is 0.0488. The molecule has 3 fully saturated rings. The Balaban J connectivity index is 1.21. The molecule has 2 bridgehead atoms. The Morgan fingerprint density at radius 1 is 0.889 bits per heavy atom. The lowest BCUT2D eigenvalue weighted by Crippen LogP contribution is -2.36. The van der Waals surface area contributed by atoms with Crippen molar-refractivity contribution < 1.29 is 52.2 Å². The SMILES string of the molecule is Nc1nc2c(ncn2[C@@H]2O[C@@H]3COP(=O)(O)OC4[C@@H](COP(=O)(O)C[C@H]2C3O)O[C@@H](n2cnc3c(N)ncnc32)[C@H]4O)c(=O)[nH]1. The number of nitrogens with zero attached hydrogens (tertiary/aromatic N) is 7. The van der Waals surface area contributed by atoms with E-state index in [0.29, 0.717) is 0 Å². The second-order valence-electron chi connectivity index (χ2n) is 10.6. The molecule has 3 aliphatic heterocycles. The van der Waals surface area contributed by atoms with Crippen LogP contribution in [-0.2, 0) is 32.2 Å². The van der Waals surface area contributed by atoms with Crippen molar-refractivity contribution in [3.63, 3.8) is 0 Å². The topological polar surface area (TPSA) is 320 Å². The summed E-state index contributed by atoms with van der Waals surface area (Å²) in [7, 11) is -9.64. The number of hydrogen-bond donors (Lipinski definition) is 7. The molecular weight excluding hydrogens is 646 g/mol. The van der Waals surface area contributed by atoms with Crippen molar-refractivity contribution in [2.24, 2.45) is 5.92 Å². The minimum Gasteiger partial charge on any atom is -0.390 e. The maximum atomic E-state index is 13.4. The zero-order chi connectivity index (χ0) is 31.8. The van der Waals surface area contributed by atoms with E-state index < -0.39 is 89.2 Å². The molecule has 0 amide bonds. The first kappa shape index (κ1) is 30.3. The Labute approximate surface area is 250 Å². The van der Waals surface area contributed by atoms with E-state index in [2.05, 4.69) is 29.9 Å². The van der Waals surface area contributed by atoms with Gasteiger partial charge >= 0.3 is 15.4 Å². The van der Waals surface area contributed by atoms with Crippen LogP contribution in [0, 0.1) is 5.92 Å². The van der Waals surface area contributed by atoms with Crippen LogP contribution in [0.25, 0.3) is 22.3 Å². The van der Waals surface area contributed by atoms with E-state index in [1.165, 1.54) is 21.8 Å². The lowest BCUT2D eigenvalue weighted by molar-refractivity contribution is -0.0558. The van der Waals surface area contributed by atoms with Gasteiger partial charge in [0, 0.05) is 5.92 Å². The largest absolute Gasteiger partial charge is 0.472 e. The number of rotatable bonds is 2. The van der Waals surface area contributed by atoms with Crippen molar-refractivity contribution in [3.8, 4) is 0 Å². The van der Waals surface area contributed by atoms with Gasteiger partial charge < -0.3 is 45.5 Å². The molecule has 10 atom stereocenters. The van der Waals surface area contributed by atoms with Gasteiger partial charge in [-0.15, -0.1) is 0 Å². The molecule has 0 spiro atoms. The number of nitrogen functional groups attached to an aromatic ring is 2. The number of nitrogens with one attached hydrogen (secondary N) is 1. The van der Waals surface area contributed by atoms with Crippen LogP contribution in [0.4, 0.5) is 11.8 Å². The van der Waals surface area contributed by atoms with Gasteiger partial charge in [0.15, 0.2) is 28.9 Å². The van der Waals surface area contributed by atoms with Crippen LogP contribution >= 0.6 is 15.4 Å². The summed E-state index contributed by atoms with van der Waals surface area (Å²) in [6.07, 6.45) is -7.29. The first-order chi connectivity index (χ1) is 21.3. The Morgan fingerprint density at radius 2 is 1.58 bits per heavy atom. The second kappa shape index (κ2) is 10.9. The number of aromatic nitrogens is 8. The highest BCUT2D eigenvalue weighted by molar-refractivity contribution is 7.52. The van der Waals surface area contributed by atoms with Crippen LogP contribution in [0.1, 0.15) is 12.5 Å². The molecule has 7 heterocycles. The summed E-state index contributed by atoms with van der Waals surface area (Å²) in [6, 6.07) is 0. The maximum absolute atomic E-state index is 13.4. The summed E-state index contributed by atoms with van der Waals surface area (Å²) < 4.78 is 56.6. The molecule has 0 radical (unpaired) electrons. The summed E-state index contributed by atoms with van der Waals surface area (Å²) in [5.41, 5.74) is 11.1. The Kier molecular flexibility index (Phi) is 7.30. The molecular formula is C21H26N10O12P2. The van der Waals surface area contributed by atoms with Crippen molar-refractivity contribution >= 4 is 49.5 Å². The predicted octanol–water partition coefficient (Wildman–Crippen LogP) is -2.03. The fraction of sp³-hybridized carbons (Fsp3) is 0.524. The van der Waals surface area contributed by atoms with E-state index in [9.17, 15) is 33.9 Å². The van der Waals surface area contributed by atoms with Crippen molar-refractivity contribution in [1.29, 1.82) is 0 Å². The van der Waals surface area contributed by atoms with E-state index in [4.69, 9.17) is 34.5 Å². The van der Waals surface area contributed by atoms with Gasteiger partial charge in [0.2, 0.25) is 5.95 Å². The van der Waals surface area contributed by atoms with E-state index >= 15 is 0 Å². The van der Waals surface area contributed by atoms with Crippen LogP contribution in [0.2, 0.25) is 0 Å². The van der Waals surface area contributed by atoms with Gasteiger partial charge in [-0.3, -0.25) is 32.5 Å². The third-order valence-corrected chi connectivity index (χ3v) is 10.2. The molecule has 4 aromatic heterocycles. The number of nitrogens with two attached hydrogens (primary N) is 2. The average molecular weight is 672 g/mol. The Morgan fingerprint density at radius 3 is 2.36 bits per heavy atom. The van der Waals surface area contributed by atoms with Gasteiger partial charge in [0.05, 0.1) is 38.1 Å². The number of aliphatic hydroxyl groups excluding tert-OH is 2. The smallest absolute Gasteiger partial charge is 0.390 e. The molecule has 9 N–H and O–H groups in total. The number of phosphoric acid groups is 1. The number of phosphoric ester groups is 1.